The van der Waals surface area contributed by atoms with Gasteiger partial charge in [0.05, 0.1) is 18.3 Å². The highest BCUT2D eigenvalue weighted by Crippen LogP contribution is 2.38. The molecule has 1 aliphatic carbocycles. The van der Waals surface area contributed by atoms with Crippen molar-refractivity contribution in [3.05, 3.63) is 22.3 Å². The second kappa shape index (κ2) is 15.7. The largest absolute Gasteiger partial charge is 0.393 e. The van der Waals surface area contributed by atoms with E-state index in [2.05, 4.69) is 6.92 Å². The fraction of sp³-hybridized carbons (Fsp3) is 0.913. The lowest BCUT2D eigenvalue weighted by Gasteiger charge is -2.26. The van der Waals surface area contributed by atoms with Gasteiger partial charge in [0.25, 0.3) is 0 Å². The fourth-order valence-corrected chi connectivity index (χ4v) is 4.25. The molecule has 0 saturated heterocycles. The molecule has 1 aliphatic rings. The molecule has 1 rings (SSSR count). The maximum Gasteiger partial charge on any atom is 0.204 e. The lowest BCUT2D eigenvalue weighted by atomic mass is 9.89. The summed E-state index contributed by atoms with van der Waals surface area (Å²) in [4.78, 5) is 10.6. The number of hydrogen-bond acceptors (Lipinski definition) is 7. The van der Waals surface area contributed by atoms with Crippen molar-refractivity contribution in [1.29, 1.82) is 0 Å². The molecule has 0 amide bonds. The van der Waals surface area contributed by atoms with E-state index in [-0.39, 0.29) is 41.8 Å². The Morgan fingerprint density at radius 3 is 2.42 bits per heavy atom. The van der Waals surface area contributed by atoms with Crippen LogP contribution in [0.4, 0.5) is 0 Å². The maximum atomic E-state index is 10.9. The standard InChI is InChI=1S/C23H43NO7/c1-6-9-10-11-19(30-17(4)28-7-2)12-13-21-20(14-15-24(26)27)22(25)16-23(21)31-18(5)29-8-3/h12-13,17-23,25H,6-11,14-16H2,1-5H3. The van der Waals surface area contributed by atoms with Gasteiger partial charge in [-0.3, -0.25) is 10.1 Å². The second-order valence-corrected chi connectivity index (χ2v) is 8.16. The van der Waals surface area contributed by atoms with Crippen LogP contribution in [0.5, 0.6) is 0 Å². The van der Waals surface area contributed by atoms with Crippen LogP contribution in [0.1, 0.15) is 73.1 Å². The van der Waals surface area contributed by atoms with Crippen molar-refractivity contribution in [3.63, 3.8) is 0 Å². The van der Waals surface area contributed by atoms with E-state index in [0.717, 1.165) is 25.7 Å². The van der Waals surface area contributed by atoms with Crippen molar-refractivity contribution in [2.75, 3.05) is 19.8 Å². The maximum absolute atomic E-state index is 10.9. The summed E-state index contributed by atoms with van der Waals surface area (Å²) < 4.78 is 23.2. The molecule has 182 valence electrons. The van der Waals surface area contributed by atoms with Gasteiger partial charge in [-0.05, 0) is 40.0 Å². The van der Waals surface area contributed by atoms with Crippen LogP contribution in [0, 0.1) is 22.0 Å². The van der Waals surface area contributed by atoms with Gasteiger partial charge in [-0.15, -0.1) is 0 Å². The highest BCUT2D eigenvalue weighted by atomic mass is 16.7. The van der Waals surface area contributed by atoms with E-state index in [9.17, 15) is 15.2 Å². The van der Waals surface area contributed by atoms with Crippen molar-refractivity contribution in [2.45, 2.75) is 104 Å². The zero-order valence-electron chi connectivity index (χ0n) is 19.9. The number of hydrogen-bond donors (Lipinski definition) is 1. The predicted molar refractivity (Wildman–Crippen MR) is 119 cm³/mol. The Kier molecular flexibility index (Phi) is 14.2. The zero-order chi connectivity index (χ0) is 23.2. The third kappa shape index (κ3) is 10.9. The molecule has 7 unspecified atom stereocenters. The first-order valence-electron chi connectivity index (χ1n) is 11.8. The van der Waals surface area contributed by atoms with E-state index in [1.54, 1.807) is 0 Å². The van der Waals surface area contributed by atoms with E-state index < -0.39 is 12.4 Å². The average Bonchev–Trinajstić information content (AvgIpc) is 2.98. The molecular formula is C23H43NO7. The fourth-order valence-electron chi connectivity index (χ4n) is 4.25. The van der Waals surface area contributed by atoms with E-state index >= 15 is 0 Å². The number of aliphatic hydroxyl groups is 1. The van der Waals surface area contributed by atoms with Gasteiger partial charge in [0.1, 0.15) is 0 Å². The Labute approximate surface area is 187 Å². The summed E-state index contributed by atoms with van der Waals surface area (Å²) >= 11 is 0. The molecule has 1 fully saturated rings. The number of ether oxygens (including phenoxy) is 4. The topological polar surface area (TPSA) is 100 Å². The smallest absolute Gasteiger partial charge is 0.204 e. The second-order valence-electron chi connectivity index (χ2n) is 8.16. The summed E-state index contributed by atoms with van der Waals surface area (Å²) in [5.74, 6) is -0.376. The number of unbranched alkanes of at least 4 members (excludes halogenated alkanes) is 2. The lowest BCUT2D eigenvalue weighted by Crippen LogP contribution is -2.28. The molecule has 0 aromatic carbocycles. The summed E-state index contributed by atoms with van der Waals surface area (Å²) in [6.45, 7) is 10.7. The molecule has 0 spiro atoms. The molecule has 7 atom stereocenters. The van der Waals surface area contributed by atoms with Gasteiger partial charge >= 0.3 is 0 Å². The molecular weight excluding hydrogens is 402 g/mol. The van der Waals surface area contributed by atoms with Gasteiger partial charge in [0.2, 0.25) is 6.54 Å². The molecule has 0 aliphatic heterocycles. The average molecular weight is 446 g/mol. The molecule has 0 aromatic heterocycles. The third-order valence-corrected chi connectivity index (χ3v) is 5.71. The first kappa shape index (κ1) is 28.0. The van der Waals surface area contributed by atoms with Crippen LogP contribution in [0.2, 0.25) is 0 Å². The molecule has 1 saturated carbocycles. The van der Waals surface area contributed by atoms with Gasteiger partial charge in [0.15, 0.2) is 12.6 Å². The first-order valence-corrected chi connectivity index (χ1v) is 11.8. The Balaban J connectivity index is 2.96. The highest BCUT2D eigenvalue weighted by Gasteiger charge is 2.43. The van der Waals surface area contributed by atoms with Crippen LogP contribution in [-0.4, -0.2) is 60.7 Å². The van der Waals surface area contributed by atoms with Gasteiger partial charge in [-0.2, -0.15) is 0 Å². The van der Waals surface area contributed by atoms with Crippen molar-refractivity contribution in [3.8, 4) is 0 Å². The molecule has 0 aromatic rings. The van der Waals surface area contributed by atoms with Crippen LogP contribution in [0.15, 0.2) is 12.2 Å². The minimum atomic E-state index is -0.643. The summed E-state index contributed by atoms with van der Waals surface area (Å²) in [6, 6.07) is 0. The van der Waals surface area contributed by atoms with Crippen LogP contribution >= 0.6 is 0 Å². The van der Waals surface area contributed by atoms with E-state index in [4.69, 9.17) is 18.9 Å². The zero-order valence-corrected chi connectivity index (χ0v) is 19.9. The van der Waals surface area contributed by atoms with Gasteiger partial charge < -0.3 is 24.1 Å². The number of aliphatic hydroxyl groups excluding tert-OH is 1. The van der Waals surface area contributed by atoms with Crippen molar-refractivity contribution in [2.24, 2.45) is 11.8 Å². The molecule has 8 heteroatoms. The van der Waals surface area contributed by atoms with E-state index in [0.29, 0.717) is 26.1 Å². The third-order valence-electron chi connectivity index (χ3n) is 5.71. The quantitative estimate of drug-likeness (QED) is 0.117. The van der Waals surface area contributed by atoms with Crippen molar-refractivity contribution >= 4 is 0 Å². The van der Waals surface area contributed by atoms with Gasteiger partial charge in [-0.1, -0.05) is 38.3 Å². The van der Waals surface area contributed by atoms with Gasteiger partial charge in [-0.25, -0.2) is 0 Å². The molecule has 0 bridgehead atoms. The van der Waals surface area contributed by atoms with E-state index in [1.165, 1.54) is 0 Å². The monoisotopic (exact) mass is 445 g/mol. The minimum Gasteiger partial charge on any atom is -0.393 e. The van der Waals surface area contributed by atoms with Gasteiger partial charge in [0, 0.05) is 36.9 Å². The van der Waals surface area contributed by atoms with Crippen LogP contribution in [-0.2, 0) is 18.9 Å². The number of nitro groups is 1. The van der Waals surface area contributed by atoms with E-state index in [1.807, 2.05) is 39.8 Å². The first-order chi connectivity index (χ1) is 14.8. The molecule has 8 nitrogen and oxygen atoms in total. The Bertz CT molecular complexity index is 516. The summed E-state index contributed by atoms with van der Waals surface area (Å²) in [7, 11) is 0. The van der Waals surface area contributed by atoms with Crippen LogP contribution in [0.3, 0.4) is 0 Å². The predicted octanol–water partition coefficient (Wildman–Crippen LogP) is 4.32. The lowest BCUT2D eigenvalue weighted by molar-refractivity contribution is -0.482. The Hall–Kier alpha value is -1.06. The molecule has 0 heterocycles. The summed E-state index contributed by atoms with van der Waals surface area (Å²) in [5.41, 5.74) is 0. The molecule has 0 radical (unpaired) electrons. The Morgan fingerprint density at radius 2 is 1.81 bits per heavy atom. The molecule has 1 N–H and O–H groups in total. The normalized spacial score (nSPS) is 26.9. The summed E-state index contributed by atoms with van der Waals surface area (Å²) in [5, 5.41) is 21.5. The van der Waals surface area contributed by atoms with Crippen LogP contribution in [0.25, 0.3) is 0 Å². The SMILES string of the molecule is CCCCCC(C=CC1C(OC(C)OCC)CC(O)C1CC[N+](=O)[O-])OC(C)OCC. The van der Waals surface area contributed by atoms with Crippen molar-refractivity contribution < 1.29 is 29.0 Å². The number of rotatable bonds is 17. The number of nitrogens with zero attached hydrogens (tertiary/aromatic N) is 1. The molecule has 31 heavy (non-hydrogen) atoms. The highest BCUT2D eigenvalue weighted by molar-refractivity contribution is 5.05. The van der Waals surface area contributed by atoms with Crippen LogP contribution < -0.4 is 0 Å². The minimum absolute atomic E-state index is 0.119. The Morgan fingerprint density at radius 1 is 1.13 bits per heavy atom. The summed E-state index contributed by atoms with van der Waals surface area (Å²) in [6.07, 6.45) is 7.23. The van der Waals surface area contributed by atoms with Crippen molar-refractivity contribution in [1.82, 2.24) is 0 Å².